The fourth-order valence-corrected chi connectivity index (χ4v) is 1.13. The van der Waals surface area contributed by atoms with Crippen molar-refractivity contribution in [3.8, 4) is 0 Å². The Morgan fingerprint density at radius 3 is 2.21 bits per heavy atom. The van der Waals surface area contributed by atoms with E-state index < -0.39 is 0 Å². The van der Waals surface area contributed by atoms with Gasteiger partial charge in [-0.1, -0.05) is 17.2 Å². The van der Waals surface area contributed by atoms with Gasteiger partial charge in [0.05, 0.1) is 0 Å². The normalized spacial score (nSPS) is 12.7. The third kappa shape index (κ3) is 7.47. The average Bonchev–Trinajstić information content (AvgIpc) is 2.15. The second kappa shape index (κ2) is 8.42. The number of aldehydes is 2. The van der Waals surface area contributed by atoms with Crippen LogP contribution in [0.2, 0.25) is 0 Å². The van der Waals surface area contributed by atoms with Crippen LogP contribution < -0.4 is 0 Å². The van der Waals surface area contributed by atoms with E-state index in [4.69, 9.17) is 0 Å². The van der Waals surface area contributed by atoms with E-state index in [-0.39, 0.29) is 0 Å². The van der Waals surface area contributed by atoms with Crippen molar-refractivity contribution in [2.24, 2.45) is 0 Å². The molecule has 0 heterocycles. The second-order valence-electron chi connectivity index (χ2n) is 3.44. The first-order valence-corrected chi connectivity index (χ1v) is 4.91. The highest BCUT2D eigenvalue weighted by Crippen LogP contribution is 2.08. The van der Waals surface area contributed by atoms with Crippen LogP contribution in [0.25, 0.3) is 0 Å². The summed E-state index contributed by atoms with van der Waals surface area (Å²) in [6.45, 7) is 3.98. The Morgan fingerprint density at radius 2 is 1.64 bits per heavy atom. The molecule has 0 saturated carbocycles. The maximum atomic E-state index is 10.1. The molecule has 0 spiro atoms. The Hall–Kier alpha value is -1.18. The van der Waals surface area contributed by atoms with Crippen molar-refractivity contribution in [3.05, 3.63) is 23.3 Å². The van der Waals surface area contributed by atoms with Crippen LogP contribution >= 0.6 is 0 Å². The predicted octanol–water partition coefficient (Wildman–Crippen LogP) is 2.84. The van der Waals surface area contributed by atoms with Crippen LogP contribution in [0.3, 0.4) is 0 Å². The van der Waals surface area contributed by atoms with E-state index in [1.54, 1.807) is 6.08 Å². The molecule has 0 bridgehead atoms. The lowest BCUT2D eigenvalue weighted by Crippen LogP contribution is -1.81. The molecule has 14 heavy (non-hydrogen) atoms. The summed E-state index contributed by atoms with van der Waals surface area (Å²) < 4.78 is 0. The third-order valence-electron chi connectivity index (χ3n) is 2.04. The van der Waals surface area contributed by atoms with Crippen LogP contribution in [-0.4, -0.2) is 12.6 Å². The SMILES string of the molecule is CC(=CC=O)CCC=C(C)CCC=O. The predicted molar refractivity (Wildman–Crippen MR) is 58.1 cm³/mol. The molecule has 0 atom stereocenters. The lowest BCUT2D eigenvalue weighted by atomic mass is 10.1. The molecule has 0 unspecified atom stereocenters. The largest absolute Gasteiger partial charge is 0.303 e. The molecule has 0 aliphatic rings. The summed E-state index contributed by atoms with van der Waals surface area (Å²) >= 11 is 0. The molecule has 0 aliphatic heterocycles. The summed E-state index contributed by atoms with van der Waals surface area (Å²) in [5.74, 6) is 0. The van der Waals surface area contributed by atoms with Gasteiger partial charge in [0.15, 0.2) is 0 Å². The first kappa shape index (κ1) is 12.8. The highest BCUT2D eigenvalue weighted by Gasteiger charge is 1.91. The zero-order chi connectivity index (χ0) is 10.8. The first-order valence-electron chi connectivity index (χ1n) is 4.91. The molecular weight excluding hydrogens is 176 g/mol. The van der Waals surface area contributed by atoms with E-state index in [0.29, 0.717) is 6.42 Å². The number of hydrogen-bond donors (Lipinski definition) is 0. The minimum atomic E-state index is 0.603. The zero-order valence-electron chi connectivity index (χ0n) is 8.95. The maximum absolute atomic E-state index is 10.1. The smallest absolute Gasteiger partial charge is 0.142 e. The average molecular weight is 194 g/mol. The standard InChI is InChI=1S/C12H18O2/c1-11(7-4-9-13)5-3-6-12(2)8-10-14/h5,8-10H,3-4,6-7H2,1-2H3. The molecule has 0 rings (SSSR count). The number of allylic oxidation sites excluding steroid dienone is 4. The number of hydrogen-bond acceptors (Lipinski definition) is 2. The van der Waals surface area contributed by atoms with Crippen LogP contribution in [0.5, 0.6) is 0 Å². The zero-order valence-corrected chi connectivity index (χ0v) is 8.95. The van der Waals surface area contributed by atoms with E-state index in [1.807, 2.05) is 13.8 Å². The van der Waals surface area contributed by atoms with Crippen LogP contribution in [0.15, 0.2) is 23.3 Å². The van der Waals surface area contributed by atoms with Crippen molar-refractivity contribution < 1.29 is 9.59 Å². The molecule has 0 amide bonds. The van der Waals surface area contributed by atoms with Gasteiger partial charge in [0.1, 0.15) is 12.6 Å². The van der Waals surface area contributed by atoms with Gasteiger partial charge in [-0.25, -0.2) is 0 Å². The minimum Gasteiger partial charge on any atom is -0.303 e. The molecule has 0 saturated heterocycles. The topological polar surface area (TPSA) is 34.1 Å². The molecule has 78 valence electrons. The monoisotopic (exact) mass is 194 g/mol. The van der Waals surface area contributed by atoms with Gasteiger partial charge in [0, 0.05) is 6.42 Å². The summed E-state index contributed by atoms with van der Waals surface area (Å²) in [5.41, 5.74) is 2.34. The van der Waals surface area contributed by atoms with Crippen molar-refractivity contribution in [3.63, 3.8) is 0 Å². The van der Waals surface area contributed by atoms with Gasteiger partial charge in [0.2, 0.25) is 0 Å². The molecule has 0 aliphatic carbocycles. The molecule has 0 fully saturated rings. The van der Waals surface area contributed by atoms with Gasteiger partial charge in [-0.3, -0.25) is 4.79 Å². The summed E-state index contributed by atoms with van der Waals surface area (Å²) in [5, 5.41) is 0. The third-order valence-corrected chi connectivity index (χ3v) is 2.04. The molecule has 0 aromatic rings. The minimum absolute atomic E-state index is 0.603. The summed E-state index contributed by atoms with van der Waals surface area (Å²) in [4.78, 5) is 20.2. The summed E-state index contributed by atoms with van der Waals surface area (Å²) in [6, 6.07) is 0. The Morgan fingerprint density at radius 1 is 1.00 bits per heavy atom. The molecular formula is C12H18O2. The Kier molecular flexibility index (Phi) is 7.71. The quantitative estimate of drug-likeness (QED) is 0.355. The highest BCUT2D eigenvalue weighted by molar-refractivity contribution is 5.65. The molecule has 2 heteroatoms. The van der Waals surface area contributed by atoms with E-state index in [0.717, 1.165) is 37.4 Å². The van der Waals surface area contributed by atoms with Crippen LogP contribution in [0.1, 0.15) is 39.5 Å². The van der Waals surface area contributed by atoms with Crippen LogP contribution in [-0.2, 0) is 9.59 Å². The lowest BCUT2D eigenvalue weighted by Gasteiger charge is -1.98. The van der Waals surface area contributed by atoms with E-state index >= 15 is 0 Å². The van der Waals surface area contributed by atoms with Gasteiger partial charge in [0.25, 0.3) is 0 Å². The van der Waals surface area contributed by atoms with Crippen molar-refractivity contribution in [2.75, 3.05) is 0 Å². The Balaban J connectivity index is 3.74. The van der Waals surface area contributed by atoms with Gasteiger partial charge in [-0.2, -0.15) is 0 Å². The summed E-state index contributed by atoms with van der Waals surface area (Å²) in [6.07, 6.45) is 8.79. The van der Waals surface area contributed by atoms with Crippen molar-refractivity contribution >= 4 is 12.6 Å². The molecule has 0 N–H and O–H groups in total. The van der Waals surface area contributed by atoms with E-state index in [2.05, 4.69) is 6.08 Å². The first-order chi connectivity index (χ1) is 6.70. The van der Waals surface area contributed by atoms with Gasteiger partial charge in [-0.05, 0) is 39.2 Å². The summed E-state index contributed by atoms with van der Waals surface area (Å²) in [7, 11) is 0. The highest BCUT2D eigenvalue weighted by atomic mass is 16.1. The van der Waals surface area contributed by atoms with Gasteiger partial charge < -0.3 is 4.79 Å². The molecule has 2 nitrogen and oxygen atoms in total. The number of carbonyl (C=O) groups is 2. The Labute approximate surface area is 85.7 Å². The number of carbonyl (C=O) groups excluding carboxylic acids is 2. The fourth-order valence-electron chi connectivity index (χ4n) is 1.13. The Bertz CT molecular complexity index is 237. The lowest BCUT2D eigenvalue weighted by molar-refractivity contribution is -0.107. The maximum Gasteiger partial charge on any atom is 0.142 e. The molecule has 0 aromatic heterocycles. The van der Waals surface area contributed by atoms with Crippen molar-refractivity contribution in [2.45, 2.75) is 39.5 Å². The van der Waals surface area contributed by atoms with Crippen molar-refractivity contribution in [1.29, 1.82) is 0 Å². The molecule has 0 radical (unpaired) electrons. The van der Waals surface area contributed by atoms with Gasteiger partial charge >= 0.3 is 0 Å². The molecule has 0 aromatic carbocycles. The van der Waals surface area contributed by atoms with Gasteiger partial charge in [-0.15, -0.1) is 0 Å². The van der Waals surface area contributed by atoms with E-state index in [1.165, 1.54) is 5.57 Å². The van der Waals surface area contributed by atoms with Crippen LogP contribution in [0, 0.1) is 0 Å². The fraction of sp³-hybridized carbons (Fsp3) is 0.500. The number of rotatable bonds is 7. The van der Waals surface area contributed by atoms with Crippen LogP contribution in [0.4, 0.5) is 0 Å². The second-order valence-corrected chi connectivity index (χ2v) is 3.44. The van der Waals surface area contributed by atoms with E-state index in [9.17, 15) is 9.59 Å². The van der Waals surface area contributed by atoms with Crippen molar-refractivity contribution in [1.82, 2.24) is 0 Å².